The molecular weight excluding hydrogens is 822 g/mol. The van der Waals surface area contributed by atoms with E-state index in [1.54, 1.807) is 0 Å². The Hall–Kier alpha value is -1.51. The normalized spacial score (nSPS) is 13.5. The summed E-state index contributed by atoms with van der Waals surface area (Å²) in [5.41, 5.74) is 0. The predicted molar refractivity (Wildman–Crippen MR) is 268 cm³/mol. The van der Waals surface area contributed by atoms with Crippen LogP contribution in [0, 0.1) is 0 Å². The van der Waals surface area contributed by atoms with E-state index in [4.69, 9.17) is 18.5 Å². The van der Waals surface area contributed by atoms with Gasteiger partial charge in [-0.15, -0.1) is 0 Å². The number of hydrogen-bond acceptors (Lipinski definition) is 8. The number of carbonyl (C=O) groups excluding carboxylic acids is 2. The zero-order valence-corrected chi connectivity index (χ0v) is 43.6. The Kier molecular flexibility index (Phi) is 45.5. The molecule has 0 rings (SSSR count). The Morgan fingerprint density at radius 3 is 1.27 bits per heavy atom. The van der Waals surface area contributed by atoms with Crippen LogP contribution in [0.2, 0.25) is 0 Å². The minimum atomic E-state index is -4.63. The van der Waals surface area contributed by atoms with E-state index >= 15 is 0 Å². The third-order valence-corrected chi connectivity index (χ3v) is 12.9. The fourth-order valence-corrected chi connectivity index (χ4v) is 8.48. The highest BCUT2D eigenvalue weighted by Crippen LogP contribution is 2.38. The Labute approximate surface area is 396 Å². The molecule has 0 aromatic carbocycles. The first-order valence-electron chi connectivity index (χ1n) is 27.0. The fourth-order valence-electron chi connectivity index (χ4n) is 7.75. The highest BCUT2D eigenvalue weighted by Gasteiger charge is 2.21. The van der Waals surface area contributed by atoms with Gasteiger partial charge in [0, 0.05) is 12.8 Å². The van der Waals surface area contributed by atoms with Crippen LogP contribution < -0.4 is 4.89 Å². The quantitative estimate of drug-likeness (QED) is 0.0195. The summed E-state index contributed by atoms with van der Waals surface area (Å²) in [6, 6.07) is 0. The molecule has 9 nitrogen and oxygen atoms in total. The monoisotopic (exact) mass is 926 g/mol. The first-order chi connectivity index (χ1) is 31.0. The Morgan fingerprint density at radius 1 is 0.484 bits per heavy atom. The van der Waals surface area contributed by atoms with Crippen molar-refractivity contribution in [2.24, 2.45) is 0 Å². The molecule has 0 saturated carbocycles. The van der Waals surface area contributed by atoms with Crippen LogP contribution in [0.25, 0.3) is 0 Å². The first-order valence-corrected chi connectivity index (χ1v) is 28.5. The summed E-state index contributed by atoms with van der Waals surface area (Å²) in [7, 11) is 1.17. The third kappa shape index (κ3) is 49.9. The highest BCUT2D eigenvalue weighted by molar-refractivity contribution is 7.45. The van der Waals surface area contributed by atoms with E-state index in [-0.39, 0.29) is 32.0 Å². The molecule has 0 aliphatic carbocycles. The number of ether oxygens (including phenoxy) is 2. The second-order valence-corrected chi connectivity index (χ2v) is 21.0. The molecule has 0 aromatic rings. The van der Waals surface area contributed by atoms with Crippen LogP contribution in [0.15, 0.2) is 24.3 Å². The van der Waals surface area contributed by atoms with Crippen molar-refractivity contribution in [3.8, 4) is 0 Å². The van der Waals surface area contributed by atoms with Gasteiger partial charge in [-0.3, -0.25) is 14.2 Å². The predicted octanol–water partition coefficient (Wildman–Crippen LogP) is 15.6. The maximum atomic E-state index is 12.8. The first kappa shape index (κ1) is 62.5. The Morgan fingerprint density at radius 2 is 0.844 bits per heavy atom. The number of likely N-dealkylation sites (N-methyl/N-ethyl adjacent to an activating group) is 1. The third-order valence-electron chi connectivity index (χ3n) is 12.0. The zero-order valence-electron chi connectivity index (χ0n) is 42.7. The minimum Gasteiger partial charge on any atom is -0.756 e. The van der Waals surface area contributed by atoms with E-state index in [9.17, 15) is 19.0 Å². The smallest absolute Gasteiger partial charge is 0.306 e. The summed E-state index contributed by atoms with van der Waals surface area (Å²) in [6.45, 7) is 4.25. The summed E-state index contributed by atoms with van der Waals surface area (Å²) in [5, 5.41) is 0. The second kappa shape index (κ2) is 46.6. The van der Waals surface area contributed by atoms with Gasteiger partial charge in [-0.1, -0.05) is 224 Å². The van der Waals surface area contributed by atoms with Crippen molar-refractivity contribution in [2.45, 2.75) is 264 Å². The Balaban J connectivity index is 4.19. The largest absolute Gasteiger partial charge is 0.756 e. The van der Waals surface area contributed by atoms with E-state index in [0.717, 1.165) is 51.4 Å². The van der Waals surface area contributed by atoms with Crippen molar-refractivity contribution >= 4 is 19.8 Å². The van der Waals surface area contributed by atoms with E-state index in [1.165, 1.54) is 173 Å². The summed E-state index contributed by atoms with van der Waals surface area (Å²) in [4.78, 5) is 37.8. The van der Waals surface area contributed by atoms with Gasteiger partial charge in [0.05, 0.1) is 27.7 Å². The molecule has 0 aliphatic rings. The van der Waals surface area contributed by atoms with Gasteiger partial charge >= 0.3 is 11.9 Å². The molecule has 0 heterocycles. The number of nitrogens with zero attached hydrogens (tertiary/aromatic N) is 1. The van der Waals surface area contributed by atoms with Crippen molar-refractivity contribution < 1.29 is 42.1 Å². The summed E-state index contributed by atoms with van der Waals surface area (Å²) in [6.07, 6.45) is 53.5. The summed E-state index contributed by atoms with van der Waals surface area (Å²) >= 11 is 0. The van der Waals surface area contributed by atoms with Gasteiger partial charge in [-0.2, -0.15) is 0 Å². The molecule has 64 heavy (non-hydrogen) atoms. The molecule has 2 atom stereocenters. The maximum absolute atomic E-state index is 12.8. The molecular formula is C54H104NO8P. The lowest BCUT2D eigenvalue weighted by atomic mass is 10.0. The van der Waals surface area contributed by atoms with E-state index in [0.29, 0.717) is 17.4 Å². The molecule has 0 spiro atoms. The summed E-state index contributed by atoms with van der Waals surface area (Å²) < 4.78 is 34.1. The van der Waals surface area contributed by atoms with Crippen molar-refractivity contribution in [3.63, 3.8) is 0 Å². The average Bonchev–Trinajstić information content (AvgIpc) is 3.25. The van der Waals surface area contributed by atoms with Gasteiger partial charge < -0.3 is 27.9 Å². The standard InChI is InChI=1S/C54H104NO8P/c1-6-8-10-12-14-16-18-20-22-24-26-27-29-30-32-34-36-38-40-42-44-46-53(56)60-50-52(51-62-64(58,59)61-49-48-55(3,4)5)63-54(57)47-45-43-41-39-37-35-33-31-28-25-23-21-19-17-15-13-11-9-7-2/h15,17,21,23,52H,6-14,16,18-20,22,24-51H2,1-5H3/b17-15-,23-21-/t52-/m1/s1. The van der Waals surface area contributed by atoms with Gasteiger partial charge in [-0.05, 0) is 44.9 Å². The number of unbranched alkanes of at least 4 members (excludes halogenated alkanes) is 32. The molecule has 10 heteroatoms. The van der Waals surface area contributed by atoms with Crippen molar-refractivity contribution in [2.75, 3.05) is 47.5 Å². The fraction of sp³-hybridized carbons (Fsp3) is 0.889. The van der Waals surface area contributed by atoms with Crippen molar-refractivity contribution in [1.82, 2.24) is 0 Å². The number of phosphoric acid groups is 1. The lowest BCUT2D eigenvalue weighted by Crippen LogP contribution is -2.37. The lowest BCUT2D eigenvalue weighted by molar-refractivity contribution is -0.870. The number of rotatable bonds is 50. The van der Waals surface area contributed by atoms with Gasteiger partial charge in [0.15, 0.2) is 6.10 Å². The van der Waals surface area contributed by atoms with Crippen molar-refractivity contribution in [1.29, 1.82) is 0 Å². The van der Waals surface area contributed by atoms with E-state index in [2.05, 4.69) is 38.2 Å². The lowest BCUT2D eigenvalue weighted by Gasteiger charge is -2.28. The second-order valence-electron chi connectivity index (χ2n) is 19.6. The van der Waals surface area contributed by atoms with Crippen LogP contribution in [0.1, 0.15) is 258 Å². The van der Waals surface area contributed by atoms with Crippen LogP contribution in [0.3, 0.4) is 0 Å². The zero-order chi connectivity index (χ0) is 47.1. The van der Waals surface area contributed by atoms with Gasteiger partial charge in [-0.25, -0.2) is 0 Å². The van der Waals surface area contributed by atoms with Gasteiger partial charge in [0.2, 0.25) is 0 Å². The number of phosphoric ester groups is 1. The SMILES string of the molecule is CCCCC/C=C\C/C=C\CCCCCCCCCCCC(=O)O[C@H](COC(=O)CCCCCCCCCCCCCCCCCCCCCCC)COP(=O)([O-])OCC[N+](C)(C)C. The molecule has 0 radical (unpaired) electrons. The van der Waals surface area contributed by atoms with Crippen LogP contribution in [0.5, 0.6) is 0 Å². The molecule has 0 bridgehead atoms. The number of esters is 2. The van der Waals surface area contributed by atoms with E-state index in [1.807, 2.05) is 21.1 Å². The van der Waals surface area contributed by atoms with Crippen LogP contribution >= 0.6 is 7.82 Å². The number of carbonyl (C=O) groups is 2. The van der Waals surface area contributed by atoms with Crippen LogP contribution in [-0.2, 0) is 32.7 Å². The van der Waals surface area contributed by atoms with Crippen molar-refractivity contribution in [3.05, 3.63) is 24.3 Å². The van der Waals surface area contributed by atoms with Gasteiger partial charge in [0.1, 0.15) is 19.8 Å². The molecule has 0 saturated heterocycles. The minimum absolute atomic E-state index is 0.0294. The number of hydrogen-bond donors (Lipinski definition) is 0. The van der Waals surface area contributed by atoms with Crippen LogP contribution in [0.4, 0.5) is 0 Å². The molecule has 1 unspecified atom stereocenters. The molecule has 0 aromatic heterocycles. The molecule has 0 amide bonds. The molecule has 378 valence electrons. The number of quaternary nitrogens is 1. The topological polar surface area (TPSA) is 111 Å². The highest BCUT2D eigenvalue weighted by atomic mass is 31.2. The Bertz CT molecular complexity index is 1140. The summed E-state index contributed by atoms with van der Waals surface area (Å²) in [5.74, 6) is -0.825. The maximum Gasteiger partial charge on any atom is 0.306 e. The molecule has 0 aliphatic heterocycles. The molecule has 0 fully saturated rings. The van der Waals surface area contributed by atoms with E-state index < -0.39 is 26.5 Å². The average molecular weight is 926 g/mol. The molecule has 0 N–H and O–H groups in total. The van der Waals surface area contributed by atoms with Crippen LogP contribution in [-0.4, -0.2) is 70.0 Å². The van der Waals surface area contributed by atoms with Gasteiger partial charge in [0.25, 0.3) is 7.82 Å². The number of allylic oxidation sites excluding steroid dienone is 4.